The molecule has 3 rings (SSSR count). The van der Waals surface area contributed by atoms with E-state index in [2.05, 4.69) is 4.98 Å². The SMILES string of the molecule is CN1CC(c2ccccc2)Oc2nc(Cl)ccc2C1=O. The molecule has 0 spiro atoms. The molecular weight excluding hydrogens is 276 g/mol. The van der Waals surface area contributed by atoms with Gasteiger partial charge in [-0.05, 0) is 17.7 Å². The normalized spacial score (nSPS) is 18.2. The molecule has 1 aromatic heterocycles. The fraction of sp³-hybridized carbons (Fsp3) is 0.200. The lowest BCUT2D eigenvalue weighted by molar-refractivity contribution is 0.0760. The van der Waals surface area contributed by atoms with Crippen molar-refractivity contribution in [2.45, 2.75) is 6.10 Å². The second-order valence-electron chi connectivity index (χ2n) is 4.69. The number of likely N-dealkylation sites (N-methyl/N-ethyl adjacent to an activating group) is 1. The van der Waals surface area contributed by atoms with Gasteiger partial charge in [0.05, 0.1) is 6.54 Å². The van der Waals surface area contributed by atoms with Crippen molar-refractivity contribution in [2.24, 2.45) is 0 Å². The molecule has 1 unspecified atom stereocenters. The molecule has 4 nitrogen and oxygen atoms in total. The van der Waals surface area contributed by atoms with Crippen LogP contribution in [0.15, 0.2) is 42.5 Å². The number of amides is 1. The zero-order valence-electron chi connectivity index (χ0n) is 10.9. The summed E-state index contributed by atoms with van der Waals surface area (Å²) in [7, 11) is 1.76. The Kier molecular flexibility index (Phi) is 3.32. The molecule has 0 saturated carbocycles. The minimum Gasteiger partial charge on any atom is -0.467 e. The molecule has 1 aromatic carbocycles. The first-order valence-electron chi connectivity index (χ1n) is 6.29. The van der Waals surface area contributed by atoms with Gasteiger partial charge < -0.3 is 9.64 Å². The van der Waals surface area contributed by atoms with Gasteiger partial charge in [0.2, 0.25) is 5.88 Å². The van der Waals surface area contributed by atoms with Crippen molar-refractivity contribution in [1.82, 2.24) is 9.88 Å². The van der Waals surface area contributed by atoms with Crippen LogP contribution in [-0.2, 0) is 0 Å². The summed E-state index contributed by atoms with van der Waals surface area (Å²) in [4.78, 5) is 18.1. The maximum atomic E-state index is 12.3. The maximum absolute atomic E-state index is 12.3. The lowest BCUT2D eigenvalue weighted by Crippen LogP contribution is -2.29. The van der Waals surface area contributed by atoms with E-state index in [1.54, 1.807) is 24.1 Å². The molecule has 0 bridgehead atoms. The van der Waals surface area contributed by atoms with E-state index in [4.69, 9.17) is 16.3 Å². The number of hydrogen-bond donors (Lipinski definition) is 0. The summed E-state index contributed by atoms with van der Waals surface area (Å²) in [5, 5.41) is 0.313. The number of rotatable bonds is 1. The topological polar surface area (TPSA) is 42.4 Å². The van der Waals surface area contributed by atoms with Gasteiger partial charge >= 0.3 is 0 Å². The van der Waals surface area contributed by atoms with Crippen molar-refractivity contribution >= 4 is 17.5 Å². The number of hydrogen-bond acceptors (Lipinski definition) is 3. The summed E-state index contributed by atoms with van der Waals surface area (Å²) < 4.78 is 5.91. The molecule has 0 radical (unpaired) electrons. The van der Waals surface area contributed by atoms with Gasteiger partial charge in [-0.2, -0.15) is 0 Å². The molecule has 102 valence electrons. The molecular formula is C15H13ClN2O2. The quantitative estimate of drug-likeness (QED) is 0.758. The number of aromatic nitrogens is 1. The minimum atomic E-state index is -0.252. The lowest BCUT2D eigenvalue weighted by atomic mass is 10.1. The molecule has 1 atom stereocenters. The van der Waals surface area contributed by atoms with Crippen LogP contribution in [0, 0.1) is 0 Å². The highest BCUT2D eigenvalue weighted by Gasteiger charge is 2.28. The number of carbonyl (C=O) groups excluding carboxylic acids is 1. The maximum Gasteiger partial charge on any atom is 0.259 e. The van der Waals surface area contributed by atoms with Crippen LogP contribution in [0.1, 0.15) is 22.0 Å². The Labute approximate surface area is 122 Å². The highest BCUT2D eigenvalue weighted by Crippen LogP contribution is 2.30. The van der Waals surface area contributed by atoms with Crippen LogP contribution in [0.25, 0.3) is 0 Å². The van der Waals surface area contributed by atoms with E-state index in [1.807, 2.05) is 30.3 Å². The van der Waals surface area contributed by atoms with Crippen LogP contribution >= 0.6 is 11.6 Å². The number of fused-ring (bicyclic) bond motifs is 1. The number of nitrogens with zero attached hydrogens (tertiary/aromatic N) is 2. The van der Waals surface area contributed by atoms with Gasteiger partial charge in [0.1, 0.15) is 16.8 Å². The van der Waals surface area contributed by atoms with Crippen LogP contribution in [0.2, 0.25) is 5.15 Å². The average Bonchev–Trinajstić information content (AvgIpc) is 2.58. The fourth-order valence-corrected chi connectivity index (χ4v) is 2.36. The van der Waals surface area contributed by atoms with E-state index < -0.39 is 0 Å². The third-order valence-electron chi connectivity index (χ3n) is 3.27. The molecule has 1 aliphatic heterocycles. The lowest BCUT2D eigenvalue weighted by Gasteiger charge is -2.20. The summed E-state index contributed by atoms with van der Waals surface area (Å²) in [6.45, 7) is 0.469. The average molecular weight is 289 g/mol. The number of carbonyl (C=O) groups is 1. The van der Waals surface area contributed by atoms with E-state index in [0.717, 1.165) is 5.56 Å². The largest absolute Gasteiger partial charge is 0.467 e. The van der Waals surface area contributed by atoms with E-state index in [1.165, 1.54) is 0 Å². The Morgan fingerprint density at radius 3 is 2.75 bits per heavy atom. The van der Waals surface area contributed by atoms with E-state index >= 15 is 0 Å². The number of halogens is 1. The highest BCUT2D eigenvalue weighted by molar-refractivity contribution is 6.29. The molecule has 1 aliphatic rings. The van der Waals surface area contributed by atoms with Crippen LogP contribution in [0.5, 0.6) is 5.88 Å². The molecule has 0 aliphatic carbocycles. The molecule has 0 fully saturated rings. The van der Waals surface area contributed by atoms with Gasteiger partial charge in [0.15, 0.2) is 0 Å². The van der Waals surface area contributed by atoms with Gasteiger partial charge in [0, 0.05) is 7.05 Å². The zero-order chi connectivity index (χ0) is 14.1. The number of pyridine rings is 1. The van der Waals surface area contributed by atoms with E-state index in [-0.39, 0.29) is 12.0 Å². The second-order valence-corrected chi connectivity index (χ2v) is 5.08. The molecule has 5 heteroatoms. The fourth-order valence-electron chi connectivity index (χ4n) is 2.22. The summed E-state index contributed by atoms with van der Waals surface area (Å²) in [6, 6.07) is 13.0. The first-order chi connectivity index (χ1) is 9.65. The van der Waals surface area contributed by atoms with Crippen LogP contribution < -0.4 is 4.74 Å². The van der Waals surface area contributed by atoms with E-state index in [9.17, 15) is 4.79 Å². The Hall–Kier alpha value is -2.07. The standard InChI is InChI=1S/C15H13ClN2O2/c1-18-9-12(10-5-3-2-4-6-10)20-14-11(15(18)19)7-8-13(16)17-14/h2-8,12H,9H2,1H3. The summed E-state index contributed by atoms with van der Waals surface area (Å²) >= 11 is 5.89. The first kappa shape index (κ1) is 12.9. The van der Waals surface area contributed by atoms with Gasteiger partial charge in [-0.25, -0.2) is 4.98 Å². The van der Waals surface area contributed by atoms with Gasteiger partial charge in [-0.1, -0.05) is 41.9 Å². The predicted molar refractivity (Wildman–Crippen MR) is 76.0 cm³/mol. The van der Waals surface area contributed by atoms with Crippen LogP contribution in [0.4, 0.5) is 0 Å². The monoisotopic (exact) mass is 288 g/mol. The third-order valence-corrected chi connectivity index (χ3v) is 3.48. The van der Waals surface area contributed by atoms with Crippen molar-refractivity contribution in [3.05, 3.63) is 58.7 Å². The van der Waals surface area contributed by atoms with Crippen molar-refractivity contribution in [3.8, 4) is 5.88 Å². The molecule has 0 saturated heterocycles. The predicted octanol–water partition coefficient (Wildman–Crippen LogP) is 2.94. The molecule has 2 heterocycles. The molecule has 0 N–H and O–H groups in total. The van der Waals surface area contributed by atoms with Crippen molar-refractivity contribution < 1.29 is 9.53 Å². The highest BCUT2D eigenvalue weighted by atomic mass is 35.5. The summed E-state index contributed by atoms with van der Waals surface area (Å²) in [5.74, 6) is 0.184. The van der Waals surface area contributed by atoms with Crippen molar-refractivity contribution in [2.75, 3.05) is 13.6 Å². The van der Waals surface area contributed by atoms with Crippen molar-refractivity contribution in [1.29, 1.82) is 0 Å². The number of ether oxygens (including phenoxy) is 1. The van der Waals surface area contributed by atoms with E-state index in [0.29, 0.717) is 23.1 Å². The Bertz CT molecular complexity index is 646. The van der Waals surface area contributed by atoms with Crippen LogP contribution in [-0.4, -0.2) is 29.4 Å². The molecule has 1 amide bonds. The van der Waals surface area contributed by atoms with Crippen molar-refractivity contribution in [3.63, 3.8) is 0 Å². The molecule has 2 aromatic rings. The van der Waals surface area contributed by atoms with Crippen LogP contribution in [0.3, 0.4) is 0 Å². The van der Waals surface area contributed by atoms with Gasteiger partial charge in [-0.15, -0.1) is 0 Å². The molecule has 20 heavy (non-hydrogen) atoms. The van der Waals surface area contributed by atoms with Gasteiger partial charge in [-0.3, -0.25) is 4.79 Å². The Morgan fingerprint density at radius 1 is 1.25 bits per heavy atom. The Morgan fingerprint density at radius 2 is 2.00 bits per heavy atom. The van der Waals surface area contributed by atoms with Gasteiger partial charge in [0.25, 0.3) is 5.91 Å². The smallest absolute Gasteiger partial charge is 0.259 e. The zero-order valence-corrected chi connectivity index (χ0v) is 11.7. The Balaban J connectivity index is 2.04. The minimum absolute atomic E-state index is 0.109. The number of benzene rings is 1. The first-order valence-corrected chi connectivity index (χ1v) is 6.66. The summed E-state index contributed by atoms with van der Waals surface area (Å²) in [6.07, 6.45) is -0.252. The second kappa shape index (κ2) is 5.13. The third kappa shape index (κ3) is 2.34. The summed E-state index contributed by atoms with van der Waals surface area (Å²) in [5.41, 5.74) is 1.44.